The molecular weight excluding hydrogens is 586 g/mol. The molecule has 2 fully saturated rings. The van der Waals surface area contributed by atoms with Crippen molar-refractivity contribution in [1.29, 1.82) is 0 Å². The first-order chi connectivity index (χ1) is 20.6. The van der Waals surface area contributed by atoms with Crippen molar-refractivity contribution in [2.75, 3.05) is 42.1 Å². The van der Waals surface area contributed by atoms with Crippen molar-refractivity contribution in [1.82, 2.24) is 24.8 Å². The lowest BCUT2D eigenvalue weighted by Crippen LogP contribution is -2.52. The van der Waals surface area contributed by atoms with E-state index in [0.29, 0.717) is 17.6 Å². The first-order valence-corrected chi connectivity index (χ1v) is 16.9. The van der Waals surface area contributed by atoms with Crippen LogP contribution in [0, 0.1) is 6.92 Å². The molecule has 10 nitrogen and oxygen atoms in total. The Hall–Kier alpha value is -3.67. The van der Waals surface area contributed by atoms with Crippen LogP contribution in [0.4, 0.5) is 11.5 Å². The number of nitrogens with zero attached hydrogens (tertiary/aromatic N) is 5. The number of likely N-dealkylation sites (tertiary alicyclic amines) is 1. The third-order valence-electron chi connectivity index (χ3n) is 8.12. The van der Waals surface area contributed by atoms with Crippen LogP contribution < -0.4 is 14.9 Å². The summed E-state index contributed by atoms with van der Waals surface area (Å²) in [6.45, 7) is 5.19. The van der Waals surface area contributed by atoms with Gasteiger partial charge in [0.1, 0.15) is 5.82 Å². The number of aromatic nitrogens is 3. The van der Waals surface area contributed by atoms with Gasteiger partial charge in [0.05, 0.1) is 29.2 Å². The molecule has 0 unspecified atom stereocenters. The summed E-state index contributed by atoms with van der Waals surface area (Å²) in [5.41, 5.74) is 4.27. The van der Waals surface area contributed by atoms with Gasteiger partial charge in [0.2, 0.25) is 10.0 Å². The summed E-state index contributed by atoms with van der Waals surface area (Å²) in [6, 6.07) is 17.2. The van der Waals surface area contributed by atoms with Crippen molar-refractivity contribution in [2.24, 2.45) is 0 Å². The fraction of sp³-hybridized carbons (Fsp3) is 0.387. The van der Waals surface area contributed by atoms with Crippen LogP contribution in [0.5, 0.6) is 0 Å². The third kappa shape index (κ3) is 6.63. The number of halogens is 1. The van der Waals surface area contributed by atoms with E-state index in [9.17, 15) is 13.2 Å². The summed E-state index contributed by atoms with van der Waals surface area (Å²) in [4.78, 5) is 23.1. The number of hydrogen-bond donors (Lipinski definition) is 2. The highest BCUT2D eigenvalue weighted by Crippen LogP contribution is 2.34. The fourth-order valence-electron chi connectivity index (χ4n) is 6.17. The normalized spacial score (nSPS) is 19.5. The van der Waals surface area contributed by atoms with Gasteiger partial charge in [-0.25, -0.2) is 17.9 Å². The molecule has 0 spiro atoms. The number of benzene rings is 2. The standard InChI is InChI=1S/C31H36ClN7O3S/c1-21-19-39-29(34-30(21)37-15-13-33-24(20-37)16-22-8-4-3-5-9-22)18-27(35-39)28-10-6-7-14-38(28)31(40)25-17-23(32)11-12-26(25)36-43(2,41)42/h3-5,8-9,11-12,17-19,24,28,33,36H,6-7,10,13-16,20H2,1-2H3/t24-,28+/m1/s1. The van der Waals surface area contributed by atoms with Crippen LogP contribution in [0.1, 0.15) is 52.5 Å². The van der Waals surface area contributed by atoms with Gasteiger partial charge in [0, 0.05) is 55.1 Å². The lowest BCUT2D eigenvalue weighted by Gasteiger charge is -2.35. The number of piperazine rings is 1. The monoisotopic (exact) mass is 621 g/mol. The quantitative estimate of drug-likeness (QED) is 0.314. The summed E-state index contributed by atoms with van der Waals surface area (Å²) in [7, 11) is -3.59. The Bertz CT molecular complexity index is 1750. The average molecular weight is 622 g/mol. The number of rotatable bonds is 7. The Morgan fingerprint density at radius 1 is 1.12 bits per heavy atom. The number of hydrogen-bond acceptors (Lipinski definition) is 7. The number of carbonyl (C=O) groups excluding carboxylic acids is 1. The molecule has 0 aliphatic carbocycles. The molecule has 4 heterocycles. The Labute approximate surface area is 257 Å². The SMILES string of the molecule is Cc1cn2nc([C@@H]3CCCCN3C(=O)c3cc(Cl)ccc3NS(C)(=O)=O)cc2nc1N1CCN[C@H](Cc2ccccc2)C1. The average Bonchev–Trinajstić information content (AvgIpc) is 3.40. The van der Waals surface area contributed by atoms with E-state index in [0.717, 1.165) is 74.3 Å². The summed E-state index contributed by atoms with van der Waals surface area (Å²) < 4.78 is 28.2. The topological polar surface area (TPSA) is 112 Å². The van der Waals surface area contributed by atoms with E-state index in [4.69, 9.17) is 21.7 Å². The van der Waals surface area contributed by atoms with E-state index in [-0.39, 0.29) is 23.2 Å². The summed E-state index contributed by atoms with van der Waals surface area (Å²) in [5, 5.41) is 8.88. The molecule has 226 valence electrons. The lowest BCUT2D eigenvalue weighted by atomic mass is 9.98. The Morgan fingerprint density at radius 3 is 2.72 bits per heavy atom. The van der Waals surface area contributed by atoms with Gasteiger partial charge < -0.3 is 15.1 Å². The van der Waals surface area contributed by atoms with Crippen molar-refractivity contribution in [2.45, 2.75) is 44.7 Å². The number of aryl methyl sites for hydroxylation is 1. The lowest BCUT2D eigenvalue weighted by molar-refractivity contribution is 0.0607. The van der Waals surface area contributed by atoms with Gasteiger partial charge in [-0.2, -0.15) is 5.10 Å². The highest BCUT2D eigenvalue weighted by molar-refractivity contribution is 7.92. The van der Waals surface area contributed by atoms with Crippen molar-refractivity contribution in [3.63, 3.8) is 0 Å². The van der Waals surface area contributed by atoms with E-state index in [1.54, 1.807) is 15.5 Å². The smallest absolute Gasteiger partial charge is 0.256 e. The van der Waals surface area contributed by atoms with Crippen LogP contribution in [0.3, 0.4) is 0 Å². The van der Waals surface area contributed by atoms with Gasteiger partial charge in [-0.1, -0.05) is 41.9 Å². The third-order valence-corrected chi connectivity index (χ3v) is 8.94. The molecule has 0 saturated carbocycles. The summed E-state index contributed by atoms with van der Waals surface area (Å²) >= 11 is 6.24. The van der Waals surface area contributed by atoms with E-state index >= 15 is 0 Å². The minimum Gasteiger partial charge on any atom is -0.353 e. The summed E-state index contributed by atoms with van der Waals surface area (Å²) in [5.74, 6) is 0.663. The van der Waals surface area contributed by atoms with E-state index in [1.165, 1.54) is 17.7 Å². The molecule has 1 amide bonds. The fourth-order valence-corrected chi connectivity index (χ4v) is 6.92. The minimum atomic E-state index is -3.59. The Kier molecular flexibility index (Phi) is 8.30. The Balaban J connectivity index is 1.26. The van der Waals surface area contributed by atoms with Gasteiger partial charge in [0.25, 0.3) is 5.91 Å². The largest absolute Gasteiger partial charge is 0.353 e. The molecule has 0 radical (unpaired) electrons. The van der Waals surface area contributed by atoms with E-state index in [1.807, 2.05) is 18.3 Å². The molecule has 2 atom stereocenters. The molecule has 2 N–H and O–H groups in total. The van der Waals surface area contributed by atoms with Gasteiger partial charge in [-0.05, 0) is 56.4 Å². The maximum absolute atomic E-state index is 13.9. The predicted molar refractivity (Wildman–Crippen MR) is 169 cm³/mol. The number of sulfonamides is 1. The molecule has 4 aromatic rings. The second-order valence-electron chi connectivity index (χ2n) is 11.5. The van der Waals surface area contributed by atoms with Crippen molar-refractivity contribution < 1.29 is 13.2 Å². The number of amides is 1. The number of anilines is 2. The molecule has 12 heteroatoms. The van der Waals surface area contributed by atoms with E-state index in [2.05, 4.69) is 46.1 Å². The molecule has 2 aliphatic heterocycles. The summed E-state index contributed by atoms with van der Waals surface area (Å²) in [6.07, 6.45) is 6.57. The van der Waals surface area contributed by atoms with Crippen LogP contribution in [0.2, 0.25) is 5.02 Å². The van der Waals surface area contributed by atoms with Crippen LogP contribution in [-0.4, -0.2) is 72.3 Å². The number of fused-ring (bicyclic) bond motifs is 1. The zero-order chi connectivity index (χ0) is 30.1. The molecule has 2 saturated heterocycles. The second kappa shape index (κ2) is 12.1. The predicted octanol–water partition coefficient (Wildman–Crippen LogP) is 4.45. The van der Waals surface area contributed by atoms with Gasteiger partial charge in [0.15, 0.2) is 5.65 Å². The minimum absolute atomic E-state index is 0.208. The second-order valence-corrected chi connectivity index (χ2v) is 13.7. The highest BCUT2D eigenvalue weighted by Gasteiger charge is 2.32. The Morgan fingerprint density at radius 2 is 1.93 bits per heavy atom. The first kappa shape index (κ1) is 29.4. The number of carbonyl (C=O) groups is 1. The first-order valence-electron chi connectivity index (χ1n) is 14.6. The molecule has 2 aromatic heterocycles. The van der Waals surface area contributed by atoms with Crippen molar-refractivity contribution in [3.05, 3.63) is 88.2 Å². The zero-order valence-electron chi connectivity index (χ0n) is 24.3. The van der Waals surface area contributed by atoms with Crippen LogP contribution in [0.15, 0.2) is 60.8 Å². The molecule has 2 aromatic carbocycles. The van der Waals surface area contributed by atoms with Gasteiger partial charge in [-0.15, -0.1) is 0 Å². The maximum Gasteiger partial charge on any atom is 0.256 e. The van der Waals surface area contributed by atoms with Gasteiger partial charge >= 0.3 is 0 Å². The zero-order valence-corrected chi connectivity index (χ0v) is 25.9. The maximum atomic E-state index is 13.9. The number of piperidine rings is 1. The van der Waals surface area contributed by atoms with Crippen LogP contribution in [-0.2, 0) is 16.4 Å². The van der Waals surface area contributed by atoms with Crippen LogP contribution in [0.25, 0.3) is 5.65 Å². The molecule has 43 heavy (non-hydrogen) atoms. The molecule has 2 aliphatic rings. The number of nitrogens with one attached hydrogen (secondary N) is 2. The molecule has 6 rings (SSSR count). The molecular formula is C31H36ClN7O3S. The van der Waals surface area contributed by atoms with Gasteiger partial charge in [-0.3, -0.25) is 9.52 Å². The van der Waals surface area contributed by atoms with Crippen molar-refractivity contribution >= 4 is 44.7 Å². The highest BCUT2D eigenvalue weighted by atomic mass is 35.5. The molecule has 0 bridgehead atoms. The van der Waals surface area contributed by atoms with Crippen molar-refractivity contribution in [3.8, 4) is 0 Å². The van der Waals surface area contributed by atoms with E-state index < -0.39 is 10.0 Å². The van der Waals surface area contributed by atoms with Crippen LogP contribution >= 0.6 is 11.6 Å².